The van der Waals surface area contributed by atoms with Crippen molar-refractivity contribution in [1.29, 1.82) is 0 Å². The Hall–Kier alpha value is -4.49. The van der Waals surface area contributed by atoms with Crippen molar-refractivity contribution < 1.29 is 28.6 Å². The van der Waals surface area contributed by atoms with E-state index in [1.54, 1.807) is 6.07 Å². The van der Waals surface area contributed by atoms with Crippen LogP contribution in [-0.2, 0) is 22.4 Å². The van der Waals surface area contributed by atoms with Crippen molar-refractivity contribution in [2.45, 2.75) is 77.2 Å². The van der Waals surface area contributed by atoms with Crippen LogP contribution in [-0.4, -0.2) is 41.0 Å². The molecule has 0 spiro atoms. The number of ketones is 1. The highest BCUT2D eigenvalue weighted by Gasteiger charge is 2.44. The first-order chi connectivity index (χ1) is 23.0. The molecule has 2 atom stereocenters. The molecule has 0 saturated carbocycles. The largest absolute Gasteiger partial charge is 0.457 e. The number of furan rings is 1. The van der Waals surface area contributed by atoms with Gasteiger partial charge in [0.15, 0.2) is 5.76 Å². The second-order valence-electron chi connectivity index (χ2n) is 12.4. The summed E-state index contributed by atoms with van der Waals surface area (Å²) in [5.41, 5.74) is 4.50. The smallest absolute Gasteiger partial charge is 0.417 e. The summed E-state index contributed by atoms with van der Waals surface area (Å²) in [7, 11) is 0. The first kappa shape index (κ1) is 33.9. The number of aliphatic hydroxyl groups excluding tert-OH is 1. The van der Waals surface area contributed by atoms with Gasteiger partial charge < -0.3 is 14.3 Å². The van der Waals surface area contributed by atoms with Crippen molar-refractivity contribution in [2.24, 2.45) is 5.92 Å². The maximum Gasteiger partial charge on any atom is 0.417 e. The zero-order chi connectivity index (χ0) is 33.0. The van der Waals surface area contributed by atoms with Crippen molar-refractivity contribution in [3.05, 3.63) is 119 Å². The van der Waals surface area contributed by atoms with Gasteiger partial charge in [-0.3, -0.25) is 9.59 Å². The first-order valence-electron chi connectivity index (χ1n) is 16.9. The number of amides is 2. The normalized spacial score (nSPS) is 15.1. The number of aliphatic hydroxyl groups is 1. The Morgan fingerprint density at radius 2 is 1.49 bits per heavy atom. The van der Waals surface area contributed by atoms with Crippen molar-refractivity contribution in [2.75, 3.05) is 13.2 Å². The second kappa shape index (κ2) is 16.9. The quantitative estimate of drug-likeness (QED) is 0.0708. The number of carbonyl (C=O) groups excluding carboxylic acids is 3. The Balaban J connectivity index is 1.40. The summed E-state index contributed by atoms with van der Waals surface area (Å²) < 4.78 is 11.7. The van der Waals surface area contributed by atoms with Crippen LogP contribution < -0.4 is 0 Å². The van der Waals surface area contributed by atoms with Gasteiger partial charge in [0.1, 0.15) is 24.3 Å². The third-order valence-corrected chi connectivity index (χ3v) is 8.88. The molecule has 4 aromatic rings. The molecule has 0 radical (unpaired) electrons. The van der Waals surface area contributed by atoms with E-state index in [-0.39, 0.29) is 25.4 Å². The lowest BCUT2D eigenvalue weighted by molar-refractivity contribution is -0.132. The molecule has 1 fully saturated rings. The van der Waals surface area contributed by atoms with Gasteiger partial charge in [0.2, 0.25) is 11.7 Å². The van der Waals surface area contributed by atoms with Gasteiger partial charge in [-0.2, -0.15) is 0 Å². The lowest BCUT2D eigenvalue weighted by Gasteiger charge is -2.24. The minimum atomic E-state index is -1.18. The van der Waals surface area contributed by atoms with E-state index < -0.39 is 29.7 Å². The van der Waals surface area contributed by atoms with Crippen LogP contribution in [0.3, 0.4) is 0 Å². The molecule has 47 heavy (non-hydrogen) atoms. The molecule has 1 saturated heterocycles. The van der Waals surface area contributed by atoms with Gasteiger partial charge in [-0.1, -0.05) is 129 Å². The summed E-state index contributed by atoms with van der Waals surface area (Å²) in [5, 5.41) is 8.97. The predicted molar refractivity (Wildman–Crippen MR) is 182 cm³/mol. The molecule has 2 unspecified atom stereocenters. The number of imide groups is 1. The number of benzene rings is 3. The molecule has 2 amide bonds. The predicted octanol–water partition coefficient (Wildman–Crippen LogP) is 8.67. The van der Waals surface area contributed by atoms with Crippen molar-refractivity contribution in [3.8, 4) is 11.1 Å². The maximum absolute atomic E-state index is 14.4. The van der Waals surface area contributed by atoms with E-state index in [1.807, 2.05) is 85.8 Å². The fourth-order valence-electron chi connectivity index (χ4n) is 6.32. The lowest BCUT2D eigenvalue weighted by atomic mass is 9.91. The molecule has 0 bridgehead atoms. The van der Waals surface area contributed by atoms with Crippen molar-refractivity contribution >= 4 is 17.8 Å². The van der Waals surface area contributed by atoms with Crippen LogP contribution in [0.4, 0.5) is 4.79 Å². The van der Waals surface area contributed by atoms with Crippen LogP contribution in [0.5, 0.6) is 0 Å². The number of Topliss-reactive ketones (excluding diaryl/α,β-unsaturated/α-hetero) is 1. The van der Waals surface area contributed by atoms with Gasteiger partial charge >= 0.3 is 6.09 Å². The Bertz CT molecular complexity index is 1610. The summed E-state index contributed by atoms with van der Waals surface area (Å²) in [6, 6.07) is 27.9. The fourth-order valence-corrected chi connectivity index (χ4v) is 6.32. The van der Waals surface area contributed by atoms with E-state index in [1.165, 1.54) is 6.42 Å². The van der Waals surface area contributed by atoms with Crippen LogP contribution in [0.15, 0.2) is 95.4 Å². The van der Waals surface area contributed by atoms with Gasteiger partial charge in [-0.25, -0.2) is 9.69 Å². The Morgan fingerprint density at radius 3 is 2.17 bits per heavy atom. The third kappa shape index (κ3) is 8.86. The average Bonchev–Trinajstić information content (AvgIpc) is 3.70. The molecule has 7 heteroatoms. The Kier molecular flexibility index (Phi) is 12.2. The highest BCUT2D eigenvalue weighted by molar-refractivity contribution is 6.12. The molecule has 2 heterocycles. The van der Waals surface area contributed by atoms with E-state index in [0.717, 1.165) is 83.4 Å². The topological polar surface area (TPSA) is 97.1 Å². The summed E-state index contributed by atoms with van der Waals surface area (Å²) >= 11 is 0. The number of cyclic esters (lactones) is 1. The fraction of sp³-hybridized carbons (Fsp3) is 0.375. The monoisotopic (exact) mass is 635 g/mol. The summed E-state index contributed by atoms with van der Waals surface area (Å²) in [6.07, 6.45) is 8.54. The van der Waals surface area contributed by atoms with Gasteiger partial charge in [-0.05, 0) is 48.9 Å². The molecular formula is C40H45NO6. The molecule has 1 N–H and O–H groups in total. The van der Waals surface area contributed by atoms with E-state index in [0.29, 0.717) is 6.42 Å². The number of nitrogens with zero attached hydrogens (tertiary/aromatic N) is 1. The van der Waals surface area contributed by atoms with Gasteiger partial charge in [0.25, 0.3) is 0 Å². The molecule has 0 aliphatic carbocycles. The van der Waals surface area contributed by atoms with E-state index in [4.69, 9.17) is 14.3 Å². The second-order valence-corrected chi connectivity index (χ2v) is 12.4. The van der Waals surface area contributed by atoms with Crippen LogP contribution in [0.1, 0.15) is 90.4 Å². The minimum absolute atomic E-state index is 0.0336. The van der Waals surface area contributed by atoms with E-state index in [2.05, 4.69) is 6.07 Å². The number of hydrogen-bond donors (Lipinski definition) is 1. The number of rotatable bonds is 17. The van der Waals surface area contributed by atoms with Gasteiger partial charge in [-0.15, -0.1) is 0 Å². The van der Waals surface area contributed by atoms with Crippen LogP contribution >= 0.6 is 0 Å². The zero-order valence-corrected chi connectivity index (χ0v) is 27.2. The minimum Gasteiger partial charge on any atom is -0.457 e. The van der Waals surface area contributed by atoms with Crippen molar-refractivity contribution in [3.63, 3.8) is 0 Å². The van der Waals surface area contributed by atoms with Crippen LogP contribution in [0.25, 0.3) is 11.1 Å². The Labute approximate surface area is 277 Å². The molecule has 3 aromatic carbocycles. The third-order valence-electron chi connectivity index (χ3n) is 8.88. The molecule has 1 aliphatic heterocycles. The zero-order valence-electron chi connectivity index (χ0n) is 27.2. The van der Waals surface area contributed by atoms with Crippen LogP contribution in [0.2, 0.25) is 0 Å². The number of aryl methyl sites for hydroxylation is 2. The first-order valence-corrected chi connectivity index (χ1v) is 16.9. The molecule has 5 rings (SSSR count). The number of ether oxygens (including phenoxy) is 1. The number of unbranched alkanes of at least 4 members (excludes halogenated alkanes) is 7. The van der Waals surface area contributed by atoms with Gasteiger partial charge in [0, 0.05) is 18.6 Å². The lowest BCUT2D eigenvalue weighted by Crippen LogP contribution is -2.42. The molecule has 1 aliphatic rings. The Morgan fingerprint density at radius 1 is 0.830 bits per heavy atom. The SMILES string of the molecule is Cc1cccc(-c2cc(C(=O)C(Cc3ccccc3)C(=O)N3C(=O)OCC3c3ccccc3)oc2CCCCCCCCCCO)c1. The summed E-state index contributed by atoms with van der Waals surface area (Å²) in [4.78, 5) is 42.7. The molecule has 7 nitrogen and oxygen atoms in total. The standard InChI is InChI=1S/C40H45NO6/c1-29-17-16-22-32(25-29)33-27-37(47-36(33)23-14-6-4-2-3-5-7-15-24-42)38(43)34(26-30-18-10-8-11-19-30)39(44)41-35(28-46-40(41)45)31-20-12-9-13-21-31/h8-13,16-22,25,27,34-35,42H,2-7,14-15,23-24,26,28H2,1H3. The van der Waals surface area contributed by atoms with Crippen molar-refractivity contribution in [1.82, 2.24) is 4.90 Å². The van der Waals surface area contributed by atoms with Gasteiger partial charge in [0.05, 0.1) is 0 Å². The number of carbonyl (C=O) groups is 3. The number of hydrogen-bond acceptors (Lipinski definition) is 6. The molecular weight excluding hydrogens is 590 g/mol. The van der Waals surface area contributed by atoms with E-state index in [9.17, 15) is 14.4 Å². The average molecular weight is 636 g/mol. The van der Waals surface area contributed by atoms with Crippen LogP contribution in [0, 0.1) is 12.8 Å². The summed E-state index contributed by atoms with van der Waals surface area (Å²) in [6.45, 7) is 2.33. The summed E-state index contributed by atoms with van der Waals surface area (Å²) in [5.74, 6) is -1.36. The molecule has 1 aromatic heterocycles. The molecule has 246 valence electrons. The van der Waals surface area contributed by atoms with E-state index >= 15 is 0 Å². The highest BCUT2D eigenvalue weighted by atomic mass is 16.6. The highest BCUT2D eigenvalue weighted by Crippen LogP contribution is 2.34. The maximum atomic E-state index is 14.4.